The SMILES string of the molecule is O=C(c1c(O)cccc1O)N1CC[C@@H](O)C1. The smallest absolute Gasteiger partial charge is 0.261 e. The number of nitrogens with zero attached hydrogens (tertiary/aromatic N) is 1. The van der Waals surface area contributed by atoms with Crippen molar-refractivity contribution in [3.05, 3.63) is 23.8 Å². The van der Waals surface area contributed by atoms with E-state index in [0.717, 1.165) is 0 Å². The van der Waals surface area contributed by atoms with E-state index in [2.05, 4.69) is 0 Å². The van der Waals surface area contributed by atoms with Gasteiger partial charge in [-0.15, -0.1) is 0 Å². The van der Waals surface area contributed by atoms with E-state index in [1.165, 1.54) is 23.1 Å². The molecule has 0 unspecified atom stereocenters. The zero-order valence-electron chi connectivity index (χ0n) is 8.63. The zero-order chi connectivity index (χ0) is 11.7. The molecule has 2 rings (SSSR count). The molecule has 1 aliphatic heterocycles. The van der Waals surface area contributed by atoms with Crippen LogP contribution in [0.15, 0.2) is 18.2 Å². The maximum absolute atomic E-state index is 11.9. The molecule has 0 aromatic heterocycles. The van der Waals surface area contributed by atoms with Gasteiger partial charge in [0.1, 0.15) is 17.1 Å². The molecule has 0 spiro atoms. The third kappa shape index (κ3) is 1.81. The van der Waals surface area contributed by atoms with Gasteiger partial charge in [-0.2, -0.15) is 0 Å². The fourth-order valence-electron chi connectivity index (χ4n) is 1.83. The van der Waals surface area contributed by atoms with Gasteiger partial charge < -0.3 is 20.2 Å². The fourth-order valence-corrected chi connectivity index (χ4v) is 1.83. The van der Waals surface area contributed by atoms with Gasteiger partial charge in [0.25, 0.3) is 5.91 Å². The summed E-state index contributed by atoms with van der Waals surface area (Å²) in [4.78, 5) is 13.3. The van der Waals surface area contributed by atoms with Crippen molar-refractivity contribution in [2.45, 2.75) is 12.5 Å². The molecule has 0 bridgehead atoms. The minimum Gasteiger partial charge on any atom is -0.507 e. The molecule has 1 fully saturated rings. The van der Waals surface area contributed by atoms with Crippen molar-refractivity contribution in [1.82, 2.24) is 4.90 Å². The topological polar surface area (TPSA) is 81.0 Å². The van der Waals surface area contributed by atoms with E-state index in [9.17, 15) is 20.1 Å². The molecule has 1 atom stereocenters. The first-order chi connectivity index (χ1) is 7.59. The standard InChI is InChI=1S/C11H13NO4/c13-7-4-5-12(6-7)11(16)10-8(14)2-1-3-9(10)15/h1-3,7,13-15H,4-6H2/t7-/m1/s1. The Hall–Kier alpha value is -1.75. The average Bonchev–Trinajstić information content (AvgIpc) is 2.64. The first kappa shape index (κ1) is 10.8. The number of β-amino-alcohol motifs (C(OH)–C–C–N with tert-alkyl or cyclic N) is 1. The number of hydrogen-bond donors (Lipinski definition) is 3. The molecular formula is C11H13NO4. The highest BCUT2D eigenvalue weighted by Gasteiger charge is 2.28. The Morgan fingerprint density at radius 3 is 2.44 bits per heavy atom. The number of hydrogen-bond acceptors (Lipinski definition) is 4. The summed E-state index contributed by atoms with van der Waals surface area (Å²) >= 11 is 0. The molecule has 5 nitrogen and oxygen atoms in total. The molecule has 1 amide bonds. The Balaban J connectivity index is 2.27. The van der Waals surface area contributed by atoms with Crippen LogP contribution in [0, 0.1) is 0 Å². The summed E-state index contributed by atoms with van der Waals surface area (Å²) in [7, 11) is 0. The van der Waals surface area contributed by atoms with E-state index in [1.54, 1.807) is 0 Å². The van der Waals surface area contributed by atoms with Crippen molar-refractivity contribution < 1.29 is 20.1 Å². The van der Waals surface area contributed by atoms with Crippen LogP contribution in [0.5, 0.6) is 11.5 Å². The van der Waals surface area contributed by atoms with Gasteiger partial charge in [-0.05, 0) is 18.6 Å². The Morgan fingerprint density at radius 2 is 1.94 bits per heavy atom. The Bertz CT molecular complexity index is 398. The maximum atomic E-state index is 11.9. The summed E-state index contributed by atoms with van der Waals surface area (Å²) in [6.45, 7) is 0.681. The second kappa shape index (κ2) is 4.02. The number of aliphatic hydroxyl groups excluding tert-OH is 1. The maximum Gasteiger partial charge on any atom is 0.261 e. The van der Waals surface area contributed by atoms with Crippen LogP contribution in [0.3, 0.4) is 0 Å². The van der Waals surface area contributed by atoms with Crippen LogP contribution < -0.4 is 0 Å². The molecule has 0 radical (unpaired) electrons. The summed E-state index contributed by atoms with van der Waals surface area (Å²) in [6.07, 6.45) is 0.0112. The minimum absolute atomic E-state index is 0.100. The molecule has 0 aliphatic carbocycles. The third-order valence-electron chi connectivity index (χ3n) is 2.68. The van der Waals surface area contributed by atoms with Gasteiger partial charge in [-0.25, -0.2) is 0 Å². The molecule has 0 saturated carbocycles. The number of carbonyl (C=O) groups is 1. The molecule has 86 valence electrons. The second-order valence-corrected chi connectivity index (χ2v) is 3.86. The van der Waals surface area contributed by atoms with Crippen molar-refractivity contribution in [2.75, 3.05) is 13.1 Å². The van der Waals surface area contributed by atoms with Gasteiger partial charge in [0, 0.05) is 13.1 Å². The fraction of sp³-hybridized carbons (Fsp3) is 0.364. The van der Waals surface area contributed by atoms with E-state index in [-0.39, 0.29) is 23.6 Å². The number of benzene rings is 1. The number of phenols is 2. The number of carbonyl (C=O) groups excluding carboxylic acids is 1. The second-order valence-electron chi connectivity index (χ2n) is 3.86. The van der Waals surface area contributed by atoms with Crippen molar-refractivity contribution in [1.29, 1.82) is 0 Å². The largest absolute Gasteiger partial charge is 0.507 e. The van der Waals surface area contributed by atoms with Crippen molar-refractivity contribution in [3.63, 3.8) is 0 Å². The number of aliphatic hydroxyl groups is 1. The zero-order valence-corrected chi connectivity index (χ0v) is 8.63. The summed E-state index contributed by atoms with van der Waals surface area (Å²) in [5.74, 6) is -0.940. The van der Waals surface area contributed by atoms with Crippen molar-refractivity contribution in [3.8, 4) is 11.5 Å². The summed E-state index contributed by atoms with van der Waals surface area (Å²) in [6, 6.07) is 4.15. The van der Waals surface area contributed by atoms with Crippen molar-refractivity contribution >= 4 is 5.91 Å². The Morgan fingerprint density at radius 1 is 1.31 bits per heavy atom. The van der Waals surface area contributed by atoms with Gasteiger partial charge in [0.15, 0.2) is 0 Å². The highest BCUT2D eigenvalue weighted by molar-refractivity contribution is 5.99. The molecule has 1 aromatic rings. The summed E-state index contributed by atoms with van der Waals surface area (Å²) in [5.41, 5.74) is -0.100. The van der Waals surface area contributed by atoms with Gasteiger partial charge in [0.2, 0.25) is 0 Å². The molecule has 1 saturated heterocycles. The van der Waals surface area contributed by atoms with Crippen molar-refractivity contribution in [2.24, 2.45) is 0 Å². The van der Waals surface area contributed by atoms with Crippen LogP contribution in [0.4, 0.5) is 0 Å². The molecule has 1 aliphatic rings. The lowest BCUT2D eigenvalue weighted by Crippen LogP contribution is -2.29. The molecule has 1 aromatic carbocycles. The van der Waals surface area contributed by atoms with Gasteiger partial charge in [-0.1, -0.05) is 6.07 Å². The first-order valence-corrected chi connectivity index (χ1v) is 5.08. The lowest BCUT2D eigenvalue weighted by atomic mass is 10.1. The predicted octanol–water partition coefficient (Wildman–Crippen LogP) is 0.305. The first-order valence-electron chi connectivity index (χ1n) is 5.08. The third-order valence-corrected chi connectivity index (χ3v) is 2.68. The number of rotatable bonds is 1. The lowest BCUT2D eigenvalue weighted by molar-refractivity contribution is 0.0759. The molecule has 16 heavy (non-hydrogen) atoms. The van der Waals surface area contributed by atoms with Gasteiger partial charge in [-0.3, -0.25) is 4.79 Å². The van der Waals surface area contributed by atoms with E-state index < -0.39 is 12.0 Å². The Kier molecular flexibility index (Phi) is 2.70. The molecule has 1 heterocycles. The number of amides is 1. The van der Waals surface area contributed by atoms with E-state index >= 15 is 0 Å². The van der Waals surface area contributed by atoms with Crippen LogP contribution in [0.1, 0.15) is 16.8 Å². The molecule has 3 N–H and O–H groups in total. The number of phenolic OH excluding ortho intramolecular Hbond substituents is 2. The van der Waals surface area contributed by atoms with Gasteiger partial charge in [0.05, 0.1) is 6.10 Å². The van der Waals surface area contributed by atoms with Crippen LogP contribution in [0.25, 0.3) is 0 Å². The summed E-state index contributed by atoms with van der Waals surface area (Å²) < 4.78 is 0. The van der Waals surface area contributed by atoms with E-state index in [1.807, 2.05) is 0 Å². The van der Waals surface area contributed by atoms with Crippen LogP contribution in [-0.4, -0.2) is 45.3 Å². The molecule has 5 heteroatoms. The highest BCUT2D eigenvalue weighted by Crippen LogP contribution is 2.28. The summed E-state index contributed by atoms with van der Waals surface area (Å²) in [5, 5.41) is 28.4. The predicted molar refractivity (Wildman–Crippen MR) is 56.3 cm³/mol. The van der Waals surface area contributed by atoms with Crippen LogP contribution >= 0.6 is 0 Å². The van der Waals surface area contributed by atoms with Crippen LogP contribution in [0.2, 0.25) is 0 Å². The minimum atomic E-state index is -0.517. The average molecular weight is 223 g/mol. The highest BCUT2D eigenvalue weighted by atomic mass is 16.3. The quantitative estimate of drug-likeness (QED) is 0.639. The van der Waals surface area contributed by atoms with Gasteiger partial charge >= 0.3 is 0 Å². The lowest BCUT2D eigenvalue weighted by Gasteiger charge is -2.16. The van der Waals surface area contributed by atoms with Crippen LogP contribution in [-0.2, 0) is 0 Å². The number of aromatic hydroxyl groups is 2. The normalized spacial score (nSPS) is 20.1. The number of likely N-dealkylation sites (tertiary alicyclic amines) is 1. The monoisotopic (exact) mass is 223 g/mol. The molecular weight excluding hydrogens is 210 g/mol. The van der Waals surface area contributed by atoms with E-state index in [4.69, 9.17) is 0 Å². The Labute approximate surface area is 92.6 Å². The van der Waals surface area contributed by atoms with E-state index in [0.29, 0.717) is 13.0 Å².